The summed E-state index contributed by atoms with van der Waals surface area (Å²) < 4.78 is 0. The molecular weight excluding hydrogens is 332 g/mol. The van der Waals surface area contributed by atoms with Gasteiger partial charge in [0.05, 0.1) is 0 Å². The zero-order valence-corrected chi connectivity index (χ0v) is 14.9. The van der Waals surface area contributed by atoms with Crippen molar-refractivity contribution in [2.75, 3.05) is 0 Å². The molecule has 0 amide bonds. The Hall–Kier alpha value is -3.39. The highest BCUT2D eigenvalue weighted by Gasteiger charge is 2.07. The number of aryl methyl sites for hydroxylation is 1. The van der Waals surface area contributed by atoms with E-state index < -0.39 is 5.97 Å². The molecule has 4 aromatic carbocycles. The Bertz CT molecular complexity index is 1160. The molecule has 27 heavy (non-hydrogen) atoms. The van der Waals surface area contributed by atoms with E-state index in [9.17, 15) is 9.90 Å². The van der Waals surface area contributed by atoms with Gasteiger partial charge in [-0.2, -0.15) is 0 Å². The van der Waals surface area contributed by atoms with Crippen LogP contribution in [0.5, 0.6) is 0 Å². The predicted octanol–water partition coefficient (Wildman–Crippen LogP) is 6.09. The minimum atomic E-state index is -0.906. The van der Waals surface area contributed by atoms with Crippen LogP contribution < -0.4 is 0 Å². The lowest BCUT2D eigenvalue weighted by Gasteiger charge is -2.10. The molecule has 0 bridgehead atoms. The number of hydrogen-bond acceptors (Lipinski definition) is 1. The Kier molecular flexibility index (Phi) is 4.71. The maximum Gasteiger partial charge on any atom is 0.328 e. The Morgan fingerprint density at radius 1 is 0.741 bits per heavy atom. The summed E-state index contributed by atoms with van der Waals surface area (Å²) in [6, 6.07) is 29.0. The molecule has 0 aromatic heterocycles. The minimum absolute atomic E-state index is 0.684. The third kappa shape index (κ3) is 3.90. The van der Waals surface area contributed by atoms with Crippen molar-refractivity contribution in [2.24, 2.45) is 0 Å². The number of carboxylic acids is 1. The van der Waals surface area contributed by atoms with Crippen molar-refractivity contribution >= 4 is 33.1 Å². The molecule has 2 heteroatoms. The van der Waals surface area contributed by atoms with E-state index >= 15 is 0 Å². The molecule has 1 N–H and O–H groups in total. The van der Waals surface area contributed by atoms with Gasteiger partial charge in [0.2, 0.25) is 0 Å². The van der Waals surface area contributed by atoms with Crippen LogP contribution in [0.25, 0.3) is 27.1 Å². The molecule has 2 nitrogen and oxygen atoms in total. The average Bonchev–Trinajstić information content (AvgIpc) is 2.70. The van der Waals surface area contributed by atoms with Gasteiger partial charge in [-0.3, -0.25) is 0 Å². The van der Waals surface area contributed by atoms with Gasteiger partial charge in [0, 0.05) is 6.08 Å². The molecule has 0 atom stereocenters. The largest absolute Gasteiger partial charge is 0.478 e. The summed E-state index contributed by atoms with van der Waals surface area (Å²) in [5.74, 6) is -0.906. The van der Waals surface area contributed by atoms with Gasteiger partial charge in [-0.15, -0.1) is 0 Å². The van der Waals surface area contributed by atoms with Gasteiger partial charge in [0.15, 0.2) is 0 Å². The third-order valence-corrected chi connectivity index (χ3v) is 4.91. The molecule has 0 aliphatic heterocycles. The van der Waals surface area contributed by atoms with Crippen LogP contribution in [0.3, 0.4) is 0 Å². The summed E-state index contributed by atoms with van der Waals surface area (Å²) in [4.78, 5) is 11.4. The quantitative estimate of drug-likeness (QED) is 0.441. The van der Waals surface area contributed by atoms with E-state index in [0.29, 0.717) is 6.42 Å². The maximum absolute atomic E-state index is 11.4. The Balaban J connectivity index is 1.62. The fourth-order valence-electron chi connectivity index (χ4n) is 3.51. The molecule has 0 saturated heterocycles. The number of aliphatic carboxylic acids is 1. The summed E-state index contributed by atoms with van der Waals surface area (Å²) >= 11 is 0. The van der Waals surface area contributed by atoms with Crippen LogP contribution in [-0.4, -0.2) is 11.1 Å². The van der Waals surface area contributed by atoms with Crippen LogP contribution >= 0.6 is 0 Å². The second kappa shape index (κ2) is 7.46. The number of benzene rings is 4. The lowest BCUT2D eigenvalue weighted by atomic mass is 9.95. The van der Waals surface area contributed by atoms with E-state index in [1.54, 1.807) is 0 Å². The highest BCUT2D eigenvalue weighted by Crippen LogP contribution is 2.26. The number of carboxylic acid groups (broad SMARTS) is 1. The van der Waals surface area contributed by atoms with Gasteiger partial charge >= 0.3 is 5.97 Å². The second-order valence-electron chi connectivity index (χ2n) is 6.75. The van der Waals surface area contributed by atoms with Gasteiger partial charge in [0.25, 0.3) is 0 Å². The molecule has 0 unspecified atom stereocenters. The van der Waals surface area contributed by atoms with Gasteiger partial charge in [-0.25, -0.2) is 4.79 Å². The topological polar surface area (TPSA) is 37.3 Å². The fourth-order valence-corrected chi connectivity index (χ4v) is 3.51. The first kappa shape index (κ1) is 17.0. The van der Waals surface area contributed by atoms with Crippen LogP contribution in [0.1, 0.15) is 17.5 Å². The Labute approximate surface area is 158 Å². The number of carbonyl (C=O) groups is 1. The van der Waals surface area contributed by atoms with Crippen LogP contribution in [-0.2, 0) is 11.2 Å². The van der Waals surface area contributed by atoms with E-state index in [1.165, 1.54) is 22.4 Å². The molecule has 0 radical (unpaired) electrons. The van der Waals surface area contributed by atoms with E-state index in [2.05, 4.69) is 54.6 Å². The first-order chi connectivity index (χ1) is 13.2. The van der Waals surface area contributed by atoms with Gasteiger partial charge in [-0.05, 0) is 57.2 Å². The SMILES string of the molecule is O=C(O)C=C(CCc1ccc2ccccc2c1)c1ccc2ccccc2c1. The molecule has 0 saturated carbocycles. The molecule has 0 spiro atoms. The van der Waals surface area contributed by atoms with Crippen LogP contribution in [0.4, 0.5) is 0 Å². The normalized spacial score (nSPS) is 11.8. The molecule has 132 valence electrons. The second-order valence-corrected chi connectivity index (χ2v) is 6.75. The Morgan fingerprint density at radius 3 is 2.00 bits per heavy atom. The van der Waals surface area contributed by atoms with Crippen molar-refractivity contribution in [2.45, 2.75) is 12.8 Å². The highest BCUT2D eigenvalue weighted by molar-refractivity contribution is 5.93. The highest BCUT2D eigenvalue weighted by atomic mass is 16.4. The summed E-state index contributed by atoms with van der Waals surface area (Å²) in [5.41, 5.74) is 3.03. The number of hydrogen-bond donors (Lipinski definition) is 1. The number of rotatable bonds is 5. The molecule has 4 rings (SSSR count). The van der Waals surface area contributed by atoms with Crippen molar-refractivity contribution < 1.29 is 9.90 Å². The van der Waals surface area contributed by atoms with E-state index in [0.717, 1.165) is 28.3 Å². The Morgan fingerprint density at radius 2 is 1.33 bits per heavy atom. The molecule has 4 aromatic rings. The van der Waals surface area contributed by atoms with E-state index in [1.807, 2.05) is 30.3 Å². The van der Waals surface area contributed by atoms with Crippen molar-refractivity contribution in [3.05, 3.63) is 102 Å². The van der Waals surface area contributed by atoms with E-state index in [-0.39, 0.29) is 0 Å². The maximum atomic E-state index is 11.4. The lowest BCUT2D eigenvalue weighted by Crippen LogP contribution is -1.96. The van der Waals surface area contributed by atoms with Gasteiger partial charge in [-0.1, -0.05) is 78.9 Å². The van der Waals surface area contributed by atoms with Gasteiger partial charge in [0.1, 0.15) is 0 Å². The molecule has 0 aliphatic carbocycles. The van der Waals surface area contributed by atoms with Crippen LogP contribution in [0.2, 0.25) is 0 Å². The minimum Gasteiger partial charge on any atom is -0.478 e. The third-order valence-electron chi connectivity index (χ3n) is 4.91. The summed E-state index contributed by atoms with van der Waals surface area (Å²) in [7, 11) is 0. The summed E-state index contributed by atoms with van der Waals surface area (Å²) in [6.45, 7) is 0. The smallest absolute Gasteiger partial charge is 0.328 e. The summed E-state index contributed by atoms with van der Waals surface area (Å²) in [5, 5.41) is 14.0. The fraction of sp³-hybridized carbons (Fsp3) is 0.0800. The summed E-state index contributed by atoms with van der Waals surface area (Å²) in [6.07, 6.45) is 2.82. The lowest BCUT2D eigenvalue weighted by molar-refractivity contribution is -0.131. The number of fused-ring (bicyclic) bond motifs is 2. The molecule has 0 fully saturated rings. The van der Waals surface area contributed by atoms with Gasteiger partial charge < -0.3 is 5.11 Å². The predicted molar refractivity (Wildman–Crippen MR) is 112 cm³/mol. The van der Waals surface area contributed by atoms with Crippen molar-refractivity contribution in [1.82, 2.24) is 0 Å². The zero-order chi connectivity index (χ0) is 18.6. The van der Waals surface area contributed by atoms with Crippen molar-refractivity contribution in [3.63, 3.8) is 0 Å². The average molecular weight is 352 g/mol. The van der Waals surface area contributed by atoms with E-state index in [4.69, 9.17) is 0 Å². The molecule has 0 aliphatic rings. The zero-order valence-electron chi connectivity index (χ0n) is 14.9. The van der Waals surface area contributed by atoms with Crippen molar-refractivity contribution in [1.29, 1.82) is 0 Å². The first-order valence-corrected chi connectivity index (χ1v) is 9.09. The molecular formula is C25H20O2. The van der Waals surface area contributed by atoms with Crippen LogP contribution in [0.15, 0.2) is 91.0 Å². The van der Waals surface area contributed by atoms with Crippen LogP contribution in [0, 0.1) is 0 Å². The monoisotopic (exact) mass is 352 g/mol. The first-order valence-electron chi connectivity index (χ1n) is 9.09. The van der Waals surface area contributed by atoms with Crippen molar-refractivity contribution in [3.8, 4) is 0 Å². The molecule has 0 heterocycles. The number of allylic oxidation sites excluding steroid dienone is 1. The standard InChI is InChI=1S/C25H20O2/c26-25(27)17-24(23-14-13-20-6-2-4-8-22(20)16-23)12-10-18-9-11-19-5-1-3-7-21(19)15-18/h1-9,11,13-17H,10,12H2,(H,26,27).